The number of hydrogen-bond donors (Lipinski definition) is 1. The van der Waals surface area contributed by atoms with Crippen molar-refractivity contribution in [1.82, 2.24) is 15.4 Å². The summed E-state index contributed by atoms with van der Waals surface area (Å²) < 4.78 is 56.2. The van der Waals surface area contributed by atoms with E-state index in [0.29, 0.717) is 11.6 Å². The van der Waals surface area contributed by atoms with Crippen LogP contribution in [0.25, 0.3) is 5.83 Å². The van der Waals surface area contributed by atoms with Gasteiger partial charge in [0.15, 0.2) is 0 Å². The first-order valence-corrected chi connectivity index (χ1v) is 11.0. The molecule has 0 aliphatic rings. The normalized spacial score (nSPS) is 12.9. The van der Waals surface area contributed by atoms with Crippen LogP contribution in [0.3, 0.4) is 0 Å². The summed E-state index contributed by atoms with van der Waals surface area (Å²) in [5.41, 5.74) is 2.59. The van der Waals surface area contributed by atoms with E-state index in [9.17, 15) is 22.4 Å². The molecule has 1 atom stereocenters. The first-order chi connectivity index (χ1) is 16.4. The van der Waals surface area contributed by atoms with E-state index in [1.54, 1.807) is 6.07 Å². The third kappa shape index (κ3) is 6.42. The van der Waals surface area contributed by atoms with Crippen molar-refractivity contribution in [3.63, 3.8) is 0 Å². The average molecular weight is 548 g/mol. The molecule has 0 radical (unpaired) electrons. The number of carbonyl (C=O) groups excluding carboxylic acids is 1. The average Bonchev–Trinajstić information content (AvgIpc) is 2.80. The fourth-order valence-corrected chi connectivity index (χ4v) is 3.78. The Morgan fingerprint density at radius 3 is 2.23 bits per heavy atom. The van der Waals surface area contributed by atoms with Gasteiger partial charge in [0.25, 0.3) is 5.91 Å². The largest absolute Gasteiger partial charge is 0.399 e. The zero-order valence-corrected chi connectivity index (χ0v) is 20.4. The number of amides is 1. The van der Waals surface area contributed by atoms with E-state index in [1.807, 2.05) is 0 Å². The summed E-state index contributed by atoms with van der Waals surface area (Å²) in [6.45, 7) is 1.53. The molecule has 1 unspecified atom stereocenters. The van der Waals surface area contributed by atoms with E-state index in [-0.39, 0.29) is 37.7 Å². The number of benzene rings is 2. The van der Waals surface area contributed by atoms with E-state index >= 15 is 0 Å². The van der Waals surface area contributed by atoms with Gasteiger partial charge in [0.1, 0.15) is 11.7 Å². The Labute approximate surface area is 213 Å². The van der Waals surface area contributed by atoms with E-state index in [0.717, 1.165) is 12.1 Å². The molecular weight excluding hydrogens is 531 g/mol. The first kappa shape index (κ1) is 26.7. The van der Waals surface area contributed by atoms with Gasteiger partial charge >= 0.3 is 6.18 Å². The van der Waals surface area contributed by atoms with Crippen LogP contribution in [0.2, 0.25) is 15.1 Å². The highest BCUT2D eigenvalue weighted by Crippen LogP contribution is 2.42. The SMILES string of the molecule is Cc1cc(/C(F)=C/C(c2cc(Cl)c(Cl)c(Cl)c2)C(F)(F)F)ccc1C(=O)NN(C)c1ncccn1. The third-order valence-corrected chi connectivity index (χ3v) is 6.10. The molecule has 0 bridgehead atoms. The highest BCUT2D eigenvalue weighted by Gasteiger charge is 2.40. The lowest BCUT2D eigenvalue weighted by Gasteiger charge is -2.19. The van der Waals surface area contributed by atoms with Crippen LogP contribution in [-0.2, 0) is 0 Å². The molecule has 0 aliphatic heterocycles. The summed E-state index contributed by atoms with van der Waals surface area (Å²) in [6.07, 6.45) is -1.41. The molecule has 2 aromatic carbocycles. The van der Waals surface area contributed by atoms with Crippen LogP contribution in [0.4, 0.5) is 23.5 Å². The van der Waals surface area contributed by atoms with Crippen LogP contribution < -0.4 is 10.4 Å². The molecule has 3 rings (SSSR count). The van der Waals surface area contributed by atoms with Gasteiger partial charge in [-0.05, 0) is 54.5 Å². The van der Waals surface area contributed by atoms with Crippen LogP contribution in [0, 0.1) is 6.92 Å². The van der Waals surface area contributed by atoms with Crippen LogP contribution in [0.15, 0.2) is 54.9 Å². The molecule has 35 heavy (non-hydrogen) atoms. The second kappa shape index (κ2) is 10.8. The molecule has 0 saturated carbocycles. The number of halogens is 7. The van der Waals surface area contributed by atoms with E-state index in [1.165, 1.54) is 49.6 Å². The Hall–Kier alpha value is -2.88. The molecule has 5 nitrogen and oxygen atoms in total. The fraction of sp³-hybridized carbons (Fsp3) is 0.174. The topological polar surface area (TPSA) is 58.1 Å². The van der Waals surface area contributed by atoms with E-state index in [4.69, 9.17) is 34.8 Å². The molecule has 1 aromatic heterocycles. The molecule has 0 fully saturated rings. The van der Waals surface area contributed by atoms with Gasteiger partial charge in [-0.25, -0.2) is 14.4 Å². The van der Waals surface area contributed by atoms with E-state index < -0.39 is 23.8 Å². The summed E-state index contributed by atoms with van der Waals surface area (Å²) in [7, 11) is 1.53. The van der Waals surface area contributed by atoms with Crippen molar-refractivity contribution in [3.8, 4) is 0 Å². The van der Waals surface area contributed by atoms with Crippen LogP contribution in [0.1, 0.15) is 33.0 Å². The Bertz CT molecular complexity index is 1250. The number of hydrazine groups is 1. The first-order valence-electron chi connectivity index (χ1n) is 9.89. The summed E-state index contributed by atoms with van der Waals surface area (Å²) in [5, 5.41) is 0.826. The van der Waals surface area contributed by atoms with Crippen molar-refractivity contribution in [2.45, 2.75) is 19.0 Å². The lowest BCUT2D eigenvalue weighted by Crippen LogP contribution is -2.40. The smallest absolute Gasteiger partial charge is 0.267 e. The van der Waals surface area contributed by atoms with Gasteiger partial charge in [-0.15, -0.1) is 0 Å². The molecule has 3 aromatic rings. The summed E-state index contributed by atoms with van der Waals surface area (Å²) in [4.78, 5) is 20.6. The number of anilines is 1. The Balaban J connectivity index is 1.88. The highest BCUT2D eigenvalue weighted by atomic mass is 35.5. The zero-order valence-electron chi connectivity index (χ0n) is 18.2. The van der Waals surface area contributed by atoms with Gasteiger partial charge in [-0.3, -0.25) is 15.2 Å². The van der Waals surface area contributed by atoms with Crippen molar-refractivity contribution in [2.75, 3.05) is 12.1 Å². The highest BCUT2D eigenvalue weighted by molar-refractivity contribution is 6.48. The van der Waals surface area contributed by atoms with Crippen molar-refractivity contribution in [2.24, 2.45) is 0 Å². The van der Waals surface area contributed by atoms with Gasteiger partial charge in [-0.2, -0.15) is 13.2 Å². The number of nitrogens with zero attached hydrogens (tertiary/aromatic N) is 3. The number of aromatic nitrogens is 2. The molecule has 0 aliphatic carbocycles. The monoisotopic (exact) mass is 546 g/mol. The van der Waals surface area contributed by atoms with Gasteiger partial charge < -0.3 is 0 Å². The zero-order chi connectivity index (χ0) is 25.9. The Kier molecular flexibility index (Phi) is 8.25. The van der Waals surface area contributed by atoms with Crippen LogP contribution >= 0.6 is 34.8 Å². The number of nitrogens with one attached hydrogen (secondary N) is 1. The van der Waals surface area contributed by atoms with Crippen molar-refractivity contribution in [1.29, 1.82) is 0 Å². The lowest BCUT2D eigenvalue weighted by atomic mass is 9.95. The Morgan fingerprint density at radius 1 is 1.09 bits per heavy atom. The van der Waals surface area contributed by atoms with E-state index in [2.05, 4.69) is 15.4 Å². The summed E-state index contributed by atoms with van der Waals surface area (Å²) in [5.74, 6) is -3.77. The van der Waals surface area contributed by atoms with Crippen LogP contribution in [0.5, 0.6) is 0 Å². The number of alkyl halides is 3. The maximum absolute atomic E-state index is 15.0. The lowest BCUT2D eigenvalue weighted by molar-refractivity contribution is -0.139. The predicted octanol–water partition coefficient (Wildman–Crippen LogP) is 7.18. The standard InChI is InChI=1S/C23H17Cl3F4N4O/c1-12-8-13(4-5-15(12)21(35)33-34(2)22-31-6-3-7-32-22)19(27)11-16(23(28,29)30)14-9-17(24)20(26)18(25)10-14/h3-11,16H,1-2H3,(H,33,35)/b19-11-. The third-order valence-electron chi connectivity index (χ3n) is 4.90. The molecule has 1 heterocycles. The second-order valence-corrected chi connectivity index (χ2v) is 8.60. The fourth-order valence-electron chi connectivity index (χ4n) is 3.17. The minimum absolute atomic E-state index is 0.101. The van der Waals surface area contributed by atoms with Crippen LogP contribution in [-0.4, -0.2) is 29.1 Å². The predicted molar refractivity (Wildman–Crippen MR) is 128 cm³/mol. The Morgan fingerprint density at radius 2 is 1.69 bits per heavy atom. The number of aryl methyl sites for hydroxylation is 1. The van der Waals surface area contributed by atoms with Crippen molar-refractivity contribution < 1.29 is 22.4 Å². The maximum Gasteiger partial charge on any atom is 0.399 e. The quantitative estimate of drug-likeness (QED) is 0.202. The summed E-state index contributed by atoms with van der Waals surface area (Å²) >= 11 is 17.5. The van der Waals surface area contributed by atoms with Gasteiger partial charge in [0.05, 0.1) is 15.1 Å². The molecule has 1 N–H and O–H groups in total. The molecule has 184 valence electrons. The minimum atomic E-state index is -4.84. The number of allylic oxidation sites excluding steroid dienone is 1. The van der Waals surface area contributed by atoms with Gasteiger partial charge in [-0.1, -0.05) is 40.9 Å². The van der Waals surface area contributed by atoms with Crippen molar-refractivity contribution in [3.05, 3.63) is 92.2 Å². The molecule has 12 heteroatoms. The summed E-state index contributed by atoms with van der Waals surface area (Å²) in [6, 6.07) is 7.39. The maximum atomic E-state index is 15.0. The molecular formula is C23H17Cl3F4N4O. The molecule has 0 spiro atoms. The van der Waals surface area contributed by atoms with Gasteiger partial charge in [0, 0.05) is 30.6 Å². The molecule has 1 amide bonds. The van der Waals surface area contributed by atoms with Gasteiger partial charge in [0.2, 0.25) is 5.95 Å². The van der Waals surface area contributed by atoms with Crippen molar-refractivity contribution >= 4 is 52.5 Å². The minimum Gasteiger partial charge on any atom is -0.267 e. The number of carbonyl (C=O) groups is 1. The molecule has 0 saturated heterocycles. The second-order valence-electron chi connectivity index (χ2n) is 7.41. The number of rotatable bonds is 6. The number of hydrogen-bond acceptors (Lipinski definition) is 4.